The van der Waals surface area contributed by atoms with Crippen LogP contribution in [0, 0.1) is 0 Å². The zero-order valence-corrected chi connectivity index (χ0v) is 5.22. The number of carbonyl (C=O) groups is 1. The van der Waals surface area contributed by atoms with E-state index in [1.54, 1.807) is 5.38 Å². The van der Waals surface area contributed by atoms with Crippen molar-refractivity contribution in [1.29, 1.82) is 0 Å². The molecule has 1 aromatic rings. The van der Waals surface area contributed by atoms with Crippen molar-refractivity contribution in [3.05, 3.63) is 16.6 Å². The molecule has 5 heteroatoms. The van der Waals surface area contributed by atoms with Gasteiger partial charge in [0.05, 0.1) is 0 Å². The monoisotopic (exact) mass is 144 g/mol. The predicted octanol–water partition coefficient (Wildman–Crippen LogP) is 0.174. The molecule has 2 N–H and O–H groups in total. The van der Waals surface area contributed by atoms with Crippen LogP contribution in [0.15, 0.2) is 11.6 Å². The molecular weight excluding hydrogens is 140 g/mol. The van der Waals surface area contributed by atoms with E-state index in [0.29, 0.717) is 0 Å². The smallest absolute Gasteiger partial charge is 0.368 e. The van der Waals surface area contributed by atoms with Crippen molar-refractivity contribution in [2.45, 2.75) is 0 Å². The van der Waals surface area contributed by atoms with Crippen molar-refractivity contribution in [1.82, 2.24) is 4.98 Å². The Morgan fingerprint density at radius 3 is 3.11 bits per heavy atom. The van der Waals surface area contributed by atoms with E-state index < -0.39 is 5.97 Å². The van der Waals surface area contributed by atoms with Crippen LogP contribution >= 0.6 is 11.3 Å². The first kappa shape index (κ1) is 6.18. The molecule has 0 aromatic carbocycles. The number of aromatic nitrogens is 1. The Labute approximate surface area is 55.2 Å². The molecule has 48 valence electrons. The summed E-state index contributed by atoms with van der Waals surface area (Å²) in [6.45, 7) is 0. The van der Waals surface area contributed by atoms with E-state index in [1.165, 1.54) is 17.5 Å². The molecule has 0 fully saturated rings. The molecule has 0 atom stereocenters. The topological polar surface area (TPSA) is 65.2 Å². The SMILES string of the molecule is NOC(=O)c1nccs1. The van der Waals surface area contributed by atoms with Gasteiger partial charge < -0.3 is 4.84 Å². The van der Waals surface area contributed by atoms with E-state index in [4.69, 9.17) is 0 Å². The van der Waals surface area contributed by atoms with Gasteiger partial charge in [-0.2, -0.15) is 5.90 Å². The third-order valence-electron chi connectivity index (χ3n) is 0.714. The van der Waals surface area contributed by atoms with Gasteiger partial charge in [0.25, 0.3) is 0 Å². The summed E-state index contributed by atoms with van der Waals surface area (Å²) in [5.41, 5.74) is 0. The molecule has 0 aliphatic rings. The number of thiazole rings is 1. The van der Waals surface area contributed by atoms with Crippen molar-refractivity contribution in [3.8, 4) is 0 Å². The van der Waals surface area contributed by atoms with E-state index in [-0.39, 0.29) is 5.01 Å². The predicted molar refractivity (Wildman–Crippen MR) is 31.7 cm³/mol. The lowest BCUT2D eigenvalue weighted by Gasteiger charge is -1.87. The molecule has 0 saturated heterocycles. The Morgan fingerprint density at radius 1 is 1.89 bits per heavy atom. The molecule has 1 heterocycles. The summed E-state index contributed by atoms with van der Waals surface area (Å²) in [6.07, 6.45) is 1.51. The fourth-order valence-electron chi connectivity index (χ4n) is 0.375. The summed E-state index contributed by atoms with van der Waals surface area (Å²) in [5, 5.41) is 1.95. The molecule has 0 saturated carbocycles. The largest absolute Gasteiger partial charge is 0.385 e. The highest BCUT2D eigenvalue weighted by Gasteiger charge is 2.06. The summed E-state index contributed by atoms with van der Waals surface area (Å²) in [6, 6.07) is 0. The van der Waals surface area contributed by atoms with E-state index >= 15 is 0 Å². The van der Waals surface area contributed by atoms with Gasteiger partial charge in [-0.15, -0.1) is 11.3 Å². The van der Waals surface area contributed by atoms with Crippen molar-refractivity contribution in [3.63, 3.8) is 0 Å². The van der Waals surface area contributed by atoms with E-state index in [0.717, 1.165) is 0 Å². The number of nitrogens with two attached hydrogens (primary N) is 1. The van der Waals surface area contributed by atoms with Crippen LogP contribution in [0.3, 0.4) is 0 Å². The summed E-state index contributed by atoms with van der Waals surface area (Å²) in [5.74, 6) is 3.99. The minimum absolute atomic E-state index is 0.275. The molecule has 0 unspecified atom stereocenters. The Kier molecular flexibility index (Phi) is 1.76. The van der Waals surface area contributed by atoms with Crippen molar-refractivity contribution in [2.75, 3.05) is 0 Å². The van der Waals surface area contributed by atoms with Crippen LogP contribution in [0.5, 0.6) is 0 Å². The summed E-state index contributed by atoms with van der Waals surface area (Å²) in [7, 11) is 0. The average molecular weight is 144 g/mol. The summed E-state index contributed by atoms with van der Waals surface area (Å²) >= 11 is 1.19. The first-order chi connectivity index (χ1) is 4.34. The van der Waals surface area contributed by atoms with Crippen molar-refractivity contribution >= 4 is 17.3 Å². The van der Waals surface area contributed by atoms with Gasteiger partial charge in [0.1, 0.15) is 0 Å². The Bertz CT molecular complexity index is 196. The Hall–Kier alpha value is -0.940. The molecule has 0 spiro atoms. The van der Waals surface area contributed by atoms with Crippen LogP contribution in [0.1, 0.15) is 9.80 Å². The second kappa shape index (κ2) is 2.56. The van der Waals surface area contributed by atoms with Crippen LogP contribution in [0.25, 0.3) is 0 Å². The minimum atomic E-state index is -0.593. The molecule has 4 nitrogen and oxygen atoms in total. The van der Waals surface area contributed by atoms with Crippen LogP contribution in [0.4, 0.5) is 0 Å². The minimum Gasteiger partial charge on any atom is -0.368 e. The Balaban J connectivity index is 2.77. The third kappa shape index (κ3) is 1.24. The van der Waals surface area contributed by atoms with Gasteiger partial charge in [-0.05, 0) is 0 Å². The normalized spacial score (nSPS) is 9.00. The van der Waals surface area contributed by atoms with Gasteiger partial charge >= 0.3 is 5.97 Å². The average Bonchev–Trinajstić information content (AvgIpc) is 2.37. The number of nitrogens with zero attached hydrogens (tertiary/aromatic N) is 1. The molecule has 9 heavy (non-hydrogen) atoms. The lowest BCUT2D eigenvalue weighted by molar-refractivity contribution is 0.0503. The number of rotatable bonds is 1. The molecule has 0 aliphatic carbocycles. The van der Waals surface area contributed by atoms with Crippen LogP contribution < -0.4 is 5.90 Å². The number of hydrogen-bond acceptors (Lipinski definition) is 5. The second-order valence-corrected chi connectivity index (χ2v) is 2.14. The Morgan fingerprint density at radius 2 is 2.67 bits per heavy atom. The number of hydrogen-bond donors (Lipinski definition) is 1. The van der Waals surface area contributed by atoms with Crippen LogP contribution in [0.2, 0.25) is 0 Å². The van der Waals surface area contributed by atoms with Gasteiger partial charge in [0, 0.05) is 11.6 Å². The van der Waals surface area contributed by atoms with E-state index in [9.17, 15) is 4.79 Å². The molecule has 0 radical (unpaired) electrons. The lowest BCUT2D eigenvalue weighted by Crippen LogP contribution is -2.09. The second-order valence-electron chi connectivity index (χ2n) is 1.24. The van der Waals surface area contributed by atoms with Crippen molar-refractivity contribution < 1.29 is 9.63 Å². The first-order valence-electron chi connectivity index (χ1n) is 2.15. The fourth-order valence-corrected chi connectivity index (χ4v) is 0.891. The summed E-state index contributed by atoms with van der Waals surface area (Å²) < 4.78 is 0. The maximum atomic E-state index is 10.5. The van der Waals surface area contributed by atoms with Crippen LogP contribution in [-0.4, -0.2) is 11.0 Å². The number of carbonyl (C=O) groups excluding carboxylic acids is 1. The molecule has 1 rings (SSSR count). The van der Waals surface area contributed by atoms with Gasteiger partial charge in [-0.1, -0.05) is 0 Å². The highest BCUT2D eigenvalue weighted by molar-refractivity contribution is 7.11. The van der Waals surface area contributed by atoms with Gasteiger partial charge in [0.2, 0.25) is 5.01 Å². The standard InChI is InChI=1S/C4H4N2O2S/c5-8-4(7)3-6-1-2-9-3/h1-2H,5H2. The van der Waals surface area contributed by atoms with Gasteiger partial charge in [0.15, 0.2) is 0 Å². The highest BCUT2D eigenvalue weighted by atomic mass is 32.1. The van der Waals surface area contributed by atoms with Crippen LogP contribution in [-0.2, 0) is 4.84 Å². The van der Waals surface area contributed by atoms with E-state index in [2.05, 4.69) is 15.7 Å². The van der Waals surface area contributed by atoms with Crippen molar-refractivity contribution in [2.24, 2.45) is 5.90 Å². The lowest BCUT2D eigenvalue weighted by atomic mass is 10.7. The molecule has 0 bridgehead atoms. The molecule has 1 aromatic heterocycles. The fraction of sp³-hybridized carbons (Fsp3) is 0. The first-order valence-corrected chi connectivity index (χ1v) is 3.03. The molecule has 0 amide bonds. The third-order valence-corrected chi connectivity index (χ3v) is 1.47. The van der Waals surface area contributed by atoms with E-state index in [1.807, 2.05) is 0 Å². The quantitative estimate of drug-likeness (QED) is 0.571. The van der Waals surface area contributed by atoms with Gasteiger partial charge in [-0.3, -0.25) is 0 Å². The highest BCUT2D eigenvalue weighted by Crippen LogP contribution is 2.03. The maximum Gasteiger partial charge on any atom is 0.385 e. The zero-order valence-electron chi connectivity index (χ0n) is 4.40. The van der Waals surface area contributed by atoms with Gasteiger partial charge in [-0.25, -0.2) is 9.78 Å². The summed E-state index contributed by atoms with van der Waals surface area (Å²) in [4.78, 5) is 18.0. The molecule has 0 aliphatic heterocycles. The molecular formula is C4H4N2O2S. The maximum absolute atomic E-state index is 10.5. The zero-order chi connectivity index (χ0) is 6.69.